The molecule has 3 unspecified atom stereocenters. The maximum atomic E-state index is 11.2. The van der Waals surface area contributed by atoms with Crippen molar-refractivity contribution in [1.29, 1.82) is 0 Å². The number of rotatable bonds is 5. The smallest absolute Gasteiger partial charge is 0.407 e. The topological polar surface area (TPSA) is 84.9 Å². The summed E-state index contributed by atoms with van der Waals surface area (Å²) in [6.45, 7) is 0. The van der Waals surface area contributed by atoms with E-state index >= 15 is 0 Å². The second-order valence-electron chi connectivity index (χ2n) is 3.42. The molecule has 7 heteroatoms. The minimum absolute atomic E-state index is 0.609. The predicted molar refractivity (Wildman–Crippen MR) is 66.9 cm³/mol. The van der Waals surface area contributed by atoms with E-state index in [0.29, 0.717) is 5.56 Å². The lowest BCUT2D eigenvalue weighted by Gasteiger charge is -2.23. The van der Waals surface area contributed by atoms with E-state index in [1.807, 2.05) is 9.47 Å². The molecular formula is C11H14NO5P. The summed E-state index contributed by atoms with van der Waals surface area (Å²) in [4.78, 5) is 22.3. The number of hydrogen-bond donors (Lipinski definition) is 2. The van der Waals surface area contributed by atoms with E-state index in [1.165, 1.54) is 7.11 Å². The first kappa shape index (κ1) is 14.4. The first-order chi connectivity index (χ1) is 8.60. The van der Waals surface area contributed by atoms with Gasteiger partial charge in [0.2, 0.25) is 0 Å². The van der Waals surface area contributed by atoms with Gasteiger partial charge in [0.05, 0.1) is 13.2 Å². The zero-order valence-electron chi connectivity index (χ0n) is 9.70. The number of carbonyl (C=O) groups is 2. The lowest BCUT2D eigenvalue weighted by atomic mass is 10.0. The van der Waals surface area contributed by atoms with E-state index in [2.05, 4.69) is 10.1 Å². The number of hydrogen-bond acceptors (Lipinski definition) is 4. The van der Waals surface area contributed by atoms with Crippen LogP contribution in [0.25, 0.3) is 0 Å². The Labute approximate surface area is 107 Å². The maximum Gasteiger partial charge on any atom is 0.407 e. The summed E-state index contributed by atoms with van der Waals surface area (Å²) in [7, 11) is 3.09. The van der Waals surface area contributed by atoms with Crippen LogP contribution < -0.4 is 5.32 Å². The van der Waals surface area contributed by atoms with Crippen molar-refractivity contribution in [2.45, 2.75) is 12.1 Å². The molecule has 0 aliphatic carbocycles. The Morgan fingerprint density at radius 1 is 1.33 bits per heavy atom. The summed E-state index contributed by atoms with van der Waals surface area (Å²) in [5, 5.41) is 11.5. The minimum Gasteiger partial charge on any atom is -0.479 e. The Kier molecular flexibility index (Phi) is 5.55. The normalized spacial score (nSPS) is 13.4. The Bertz CT molecular complexity index is 411. The Morgan fingerprint density at radius 2 is 1.94 bits per heavy atom. The fraction of sp³-hybridized carbons (Fsp3) is 0.273. The number of ether oxygens (including phenoxy) is 1. The molecule has 0 bridgehead atoms. The number of aliphatic carboxylic acids is 1. The molecule has 1 rings (SSSR count). The molecule has 0 aliphatic rings. The molecular weight excluding hydrogens is 257 g/mol. The van der Waals surface area contributed by atoms with Crippen molar-refractivity contribution in [2.75, 3.05) is 7.11 Å². The third kappa shape index (κ3) is 3.68. The highest BCUT2D eigenvalue weighted by Crippen LogP contribution is 2.21. The molecule has 0 aromatic heterocycles. The summed E-state index contributed by atoms with van der Waals surface area (Å²) in [6.07, 6.45) is -1.95. The van der Waals surface area contributed by atoms with Crippen LogP contribution in [0.5, 0.6) is 0 Å². The first-order valence-electron chi connectivity index (χ1n) is 5.08. The minimum atomic E-state index is -1.23. The number of alkyl carbamates (subject to hydrolysis) is 1. The van der Waals surface area contributed by atoms with Crippen LogP contribution >= 0.6 is 9.47 Å². The average Bonchev–Trinajstić information content (AvgIpc) is 2.38. The van der Waals surface area contributed by atoms with Gasteiger partial charge in [0.1, 0.15) is 0 Å². The molecule has 0 aliphatic heterocycles. The van der Waals surface area contributed by atoms with Gasteiger partial charge in [0.25, 0.3) is 0 Å². The molecule has 0 saturated carbocycles. The van der Waals surface area contributed by atoms with E-state index in [9.17, 15) is 9.59 Å². The Balaban J connectivity index is 3.01. The van der Waals surface area contributed by atoms with Gasteiger partial charge in [-0.05, 0) is 5.56 Å². The van der Waals surface area contributed by atoms with Gasteiger partial charge in [-0.25, -0.2) is 9.59 Å². The van der Waals surface area contributed by atoms with Crippen molar-refractivity contribution in [2.24, 2.45) is 0 Å². The second-order valence-corrected chi connectivity index (χ2v) is 3.69. The molecule has 0 fully saturated rings. The van der Waals surface area contributed by atoms with Crippen molar-refractivity contribution in [1.82, 2.24) is 5.32 Å². The molecule has 1 aromatic rings. The molecule has 0 radical (unpaired) electrons. The van der Waals surface area contributed by atoms with Crippen molar-refractivity contribution in [3.63, 3.8) is 0 Å². The number of benzene rings is 1. The summed E-state index contributed by atoms with van der Waals surface area (Å²) in [6, 6.07) is 7.82. The summed E-state index contributed by atoms with van der Waals surface area (Å²) < 4.78 is 9.29. The highest BCUT2D eigenvalue weighted by atomic mass is 31.0. The van der Waals surface area contributed by atoms with Crippen LogP contribution in [-0.4, -0.2) is 30.4 Å². The van der Waals surface area contributed by atoms with Crippen LogP contribution in [0.4, 0.5) is 4.79 Å². The van der Waals surface area contributed by atoms with E-state index < -0.39 is 24.2 Å². The van der Waals surface area contributed by atoms with Crippen molar-refractivity contribution in [3.8, 4) is 0 Å². The molecule has 6 nitrogen and oxygen atoms in total. The summed E-state index contributed by atoms with van der Waals surface area (Å²) >= 11 is 0. The number of methoxy groups -OCH3 is 1. The lowest BCUT2D eigenvalue weighted by Crippen LogP contribution is -2.40. The third-order valence-electron chi connectivity index (χ3n) is 2.31. The highest BCUT2D eigenvalue weighted by Gasteiger charge is 2.31. The van der Waals surface area contributed by atoms with Gasteiger partial charge in [-0.1, -0.05) is 30.3 Å². The van der Waals surface area contributed by atoms with Gasteiger partial charge in [0.15, 0.2) is 6.10 Å². The van der Waals surface area contributed by atoms with Gasteiger partial charge < -0.3 is 19.7 Å². The van der Waals surface area contributed by atoms with Crippen LogP contribution in [0.3, 0.4) is 0 Å². The second kappa shape index (κ2) is 6.93. The first-order valence-corrected chi connectivity index (χ1v) is 5.55. The fourth-order valence-corrected chi connectivity index (χ4v) is 1.73. The summed E-state index contributed by atoms with van der Waals surface area (Å²) in [5.74, 6) is -1.18. The Morgan fingerprint density at radius 3 is 2.39 bits per heavy atom. The highest BCUT2D eigenvalue weighted by molar-refractivity contribution is 7.09. The van der Waals surface area contributed by atoms with Crippen LogP contribution in [0.1, 0.15) is 11.6 Å². The monoisotopic (exact) mass is 271 g/mol. The number of amides is 1. The largest absolute Gasteiger partial charge is 0.479 e. The third-order valence-corrected chi connectivity index (χ3v) is 2.60. The van der Waals surface area contributed by atoms with E-state index in [-0.39, 0.29) is 0 Å². The van der Waals surface area contributed by atoms with Crippen molar-refractivity contribution in [3.05, 3.63) is 35.9 Å². The predicted octanol–water partition coefficient (Wildman–Crippen LogP) is 1.34. The fourth-order valence-electron chi connectivity index (χ4n) is 1.46. The molecule has 0 heterocycles. The summed E-state index contributed by atoms with van der Waals surface area (Å²) in [5.41, 5.74) is 0.609. The molecule has 18 heavy (non-hydrogen) atoms. The van der Waals surface area contributed by atoms with Gasteiger partial charge >= 0.3 is 12.1 Å². The Hall–Kier alpha value is -1.65. The number of nitrogens with one attached hydrogen (secondary N) is 1. The molecule has 0 spiro atoms. The SMILES string of the molecule is COC(=O)NC(c1ccccc1)C(OP)C(=O)O. The van der Waals surface area contributed by atoms with Crippen molar-refractivity contribution >= 4 is 21.5 Å². The van der Waals surface area contributed by atoms with Gasteiger partial charge in [-0.3, -0.25) is 0 Å². The van der Waals surface area contributed by atoms with E-state index in [1.54, 1.807) is 30.3 Å². The van der Waals surface area contributed by atoms with E-state index in [0.717, 1.165) is 0 Å². The molecule has 3 atom stereocenters. The van der Waals surface area contributed by atoms with Crippen LogP contribution in [-0.2, 0) is 14.1 Å². The number of carbonyl (C=O) groups excluding carboxylic acids is 1. The lowest BCUT2D eigenvalue weighted by molar-refractivity contribution is -0.145. The average molecular weight is 271 g/mol. The molecule has 98 valence electrons. The zero-order chi connectivity index (χ0) is 13.5. The molecule has 1 amide bonds. The van der Waals surface area contributed by atoms with E-state index in [4.69, 9.17) is 9.63 Å². The molecule has 1 aromatic carbocycles. The maximum absolute atomic E-state index is 11.2. The van der Waals surface area contributed by atoms with Crippen LogP contribution in [0, 0.1) is 0 Å². The quantitative estimate of drug-likeness (QED) is 0.789. The van der Waals surface area contributed by atoms with Crippen molar-refractivity contribution < 1.29 is 24.0 Å². The number of carboxylic acid groups (broad SMARTS) is 1. The van der Waals surface area contributed by atoms with Gasteiger partial charge in [-0.15, -0.1) is 0 Å². The van der Waals surface area contributed by atoms with Gasteiger partial charge in [0, 0.05) is 9.47 Å². The van der Waals surface area contributed by atoms with Crippen LogP contribution in [0.15, 0.2) is 30.3 Å². The molecule has 0 saturated heterocycles. The standard InChI is InChI=1S/C11H14NO5P/c1-16-11(15)12-8(9(17-18)10(13)14)7-5-3-2-4-6-7/h2-6,8-9H,18H2,1H3,(H,12,15)(H,13,14). The molecule has 2 N–H and O–H groups in total. The number of carboxylic acids is 1. The zero-order valence-corrected chi connectivity index (χ0v) is 10.9. The van der Waals surface area contributed by atoms with Crippen LogP contribution in [0.2, 0.25) is 0 Å². The van der Waals surface area contributed by atoms with Gasteiger partial charge in [-0.2, -0.15) is 0 Å².